The van der Waals surface area contributed by atoms with Crippen molar-refractivity contribution < 1.29 is 0 Å². The van der Waals surface area contributed by atoms with E-state index in [0.717, 1.165) is 13.0 Å². The normalized spacial score (nSPS) is 13.3. The lowest BCUT2D eigenvalue weighted by Gasteiger charge is -2.21. The monoisotopic (exact) mass is 301 g/mol. The van der Waals surface area contributed by atoms with Crippen LogP contribution in [0, 0.1) is 0 Å². The number of hydrogen-bond donors (Lipinski definition) is 1. The van der Waals surface area contributed by atoms with E-state index in [1.807, 2.05) is 11.3 Å². The number of benzene rings is 1. The van der Waals surface area contributed by atoms with Crippen LogP contribution in [0.2, 0.25) is 0 Å². The summed E-state index contributed by atoms with van der Waals surface area (Å²) in [7, 11) is 0. The third-order valence-electron chi connectivity index (χ3n) is 3.79. The molecule has 1 nitrogen and oxygen atoms in total. The average molecular weight is 301 g/mol. The van der Waals surface area contributed by atoms with Crippen LogP contribution in [0.25, 0.3) is 0 Å². The quantitative estimate of drug-likeness (QED) is 0.760. The first-order valence-electron chi connectivity index (χ1n) is 7.87. The minimum absolute atomic E-state index is 0.228. The fraction of sp³-hybridized carbons (Fsp3) is 0.474. The third-order valence-corrected chi connectivity index (χ3v) is 4.77. The van der Waals surface area contributed by atoms with Gasteiger partial charge in [-0.25, -0.2) is 0 Å². The van der Waals surface area contributed by atoms with Gasteiger partial charge in [0.2, 0.25) is 0 Å². The molecule has 0 saturated carbocycles. The van der Waals surface area contributed by atoms with Gasteiger partial charge in [0.1, 0.15) is 0 Å². The van der Waals surface area contributed by atoms with Crippen LogP contribution in [-0.4, -0.2) is 6.54 Å². The maximum atomic E-state index is 3.68. The summed E-state index contributed by atoms with van der Waals surface area (Å²) in [4.78, 5) is 1.43. The summed E-state index contributed by atoms with van der Waals surface area (Å²) in [5.41, 5.74) is 3.04. The molecule has 114 valence electrons. The molecule has 0 fully saturated rings. The molecule has 2 heteroatoms. The van der Waals surface area contributed by atoms with Gasteiger partial charge in [-0.2, -0.15) is 0 Å². The maximum absolute atomic E-state index is 3.68. The second-order valence-corrected chi connectivity index (χ2v) is 7.65. The number of hydrogen-bond acceptors (Lipinski definition) is 2. The average Bonchev–Trinajstić information content (AvgIpc) is 2.97. The molecule has 1 unspecified atom stereocenters. The summed E-state index contributed by atoms with van der Waals surface area (Å²) in [5.74, 6) is 0. The Morgan fingerprint density at radius 1 is 1.10 bits per heavy atom. The molecule has 0 bridgehead atoms. The second kappa shape index (κ2) is 7.24. The Balaban J connectivity index is 2.09. The van der Waals surface area contributed by atoms with Crippen molar-refractivity contribution in [1.82, 2.24) is 5.32 Å². The van der Waals surface area contributed by atoms with E-state index in [1.54, 1.807) is 0 Å². The molecule has 2 aromatic rings. The summed E-state index contributed by atoms with van der Waals surface area (Å²) < 4.78 is 0. The standard InChI is InChI=1S/C19H27NS/c1-5-12-20-17(18-7-6-13-21-18)14-15-8-10-16(11-9-15)19(2,3)4/h6-11,13,17,20H,5,12,14H2,1-4H3. The van der Waals surface area contributed by atoms with Crippen molar-refractivity contribution >= 4 is 11.3 Å². The van der Waals surface area contributed by atoms with Gasteiger partial charge in [0, 0.05) is 10.9 Å². The largest absolute Gasteiger partial charge is 0.309 e. The van der Waals surface area contributed by atoms with Crippen molar-refractivity contribution in [3.05, 3.63) is 57.8 Å². The predicted molar refractivity (Wildman–Crippen MR) is 94.2 cm³/mol. The predicted octanol–water partition coefficient (Wildman–Crippen LogP) is 5.33. The smallest absolute Gasteiger partial charge is 0.0455 e. The molecular weight excluding hydrogens is 274 g/mol. The Morgan fingerprint density at radius 3 is 2.33 bits per heavy atom. The summed E-state index contributed by atoms with van der Waals surface area (Å²) in [6.07, 6.45) is 2.23. The van der Waals surface area contributed by atoms with Crippen molar-refractivity contribution in [2.75, 3.05) is 6.54 Å². The molecule has 0 aliphatic heterocycles. The maximum Gasteiger partial charge on any atom is 0.0455 e. The van der Waals surface area contributed by atoms with Crippen LogP contribution in [0.4, 0.5) is 0 Å². The molecule has 0 amide bonds. The Bertz CT molecular complexity index is 520. The van der Waals surface area contributed by atoms with Crippen molar-refractivity contribution in [1.29, 1.82) is 0 Å². The number of nitrogens with one attached hydrogen (secondary N) is 1. The Hall–Kier alpha value is -1.12. The fourth-order valence-electron chi connectivity index (χ4n) is 2.46. The van der Waals surface area contributed by atoms with Crippen LogP contribution in [0.1, 0.15) is 56.2 Å². The molecule has 1 atom stereocenters. The van der Waals surface area contributed by atoms with Crippen LogP contribution in [0.15, 0.2) is 41.8 Å². The lowest BCUT2D eigenvalue weighted by atomic mass is 9.86. The molecule has 1 N–H and O–H groups in total. The highest BCUT2D eigenvalue weighted by atomic mass is 32.1. The van der Waals surface area contributed by atoms with Crippen LogP contribution < -0.4 is 5.32 Å². The van der Waals surface area contributed by atoms with E-state index < -0.39 is 0 Å². The van der Waals surface area contributed by atoms with Crippen LogP contribution >= 0.6 is 11.3 Å². The van der Waals surface area contributed by atoms with Gasteiger partial charge < -0.3 is 5.32 Å². The van der Waals surface area contributed by atoms with E-state index in [0.29, 0.717) is 6.04 Å². The van der Waals surface area contributed by atoms with Crippen molar-refractivity contribution in [2.45, 2.75) is 52.0 Å². The highest BCUT2D eigenvalue weighted by Crippen LogP contribution is 2.26. The molecule has 1 heterocycles. The SMILES string of the molecule is CCCNC(Cc1ccc(C(C)(C)C)cc1)c1cccs1. The third kappa shape index (κ3) is 4.69. The summed E-state index contributed by atoms with van der Waals surface area (Å²) in [6, 6.07) is 13.9. The first-order chi connectivity index (χ1) is 10.0. The molecule has 0 aliphatic carbocycles. The first kappa shape index (κ1) is 16.3. The zero-order chi connectivity index (χ0) is 15.3. The first-order valence-corrected chi connectivity index (χ1v) is 8.75. The van der Waals surface area contributed by atoms with Crippen molar-refractivity contribution in [2.24, 2.45) is 0 Å². The van der Waals surface area contributed by atoms with E-state index in [9.17, 15) is 0 Å². The molecule has 1 aromatic heterocycles. The van der Waals surface area contributed by atoms with Crippen LogP contribution in [-0.2, 0) is 11.8 Å². The Labute approximate surface area is 133 Å². The van der Waals surface area contributed by atoms with Crippen molar-refractivity contribution in [3.8, 4) is 0 Å². The molecule has 0 saturated heterocycles. The lowest BCUT2D eigenvalue weighted by Crippen LogP contribution is -2.23. The van der Waals surface area contributed by atoms with Crippen LogP contribution in [0.3, 0.4) is 0 Å². The molecule has 0 spiro atoms. The molecule has 0 aliphatic rings. The lowest BCUT2D eigenvalue weighted by molar-refractivity contribution is 0.536. The summed E-state index contributed by atoms with van der Waals surface area (Å²) in [6.45, 7) is 10.1. The molecule has 21 heavy (non-hydrogen) atoms. The van der Waals surface area contributed by atoms with Gasteiger partial charge in [-0.05, 0) is 47.4 Å². The van der Waals surface area contributed by atoms with Gasteiger partial charge in [0.05, 0.1) is 0 Å². The highest BCUT2D eigenvalue weighted by molar-refractivity contribution is 7.10. The van der Waals surface area contributed by atoms with Gasteiger partial charge in [-0.1, -0.05) is 58.0 Å². The molecule has 1 aromatic carbocycles. The van der Waals surface area contributed by atoms with E-state index >= 15 is 0 Å². The van der Waals surface area contributed by atoms with Gasteiger partial charge in [0.25, 0.3) is 0 Å². The molecular formula is C19H27NS. The van der Waals surface area contributed by atoms with E-state index in [2.05, 4.69) is 74.8 Å². The summed E-state index contributed by atoms with van der Waals surface area (Å²) in [5, 5.41) is 5.84. The van der Waals surface area contributed by atoms with Crippen LogP contribution in [0.5, 0.6) is 0 Å². The second-order valence-electron chi connectivity index (χ2n) is 6.67. The van der Waals surface area contributed by atoms with Crippen molar-refractivity contribution in [3.63, 3.8) is 0 Å². The van der Waals surface area contributed by atoms with E-state index in [-0.39, 0.29) is 5.41 Å². The van der Waals surface area contributed by atoms with Gasteiger partial charge >= 0.3 is 0 Å². The highest BCUT2D eigenvalue weighted by Gasteiger charge is 2.15. The zero-order valence-corrected chi connectivity index (χ0v) is 14.5. The fourth-order valence-corrected chi connectivity index (χ4v) is 3.26. The zero-order valence-electron chi connectivity index (χ0n) is 13.6. The van der Waals surface area contributed by atoms with Gasteiger partial charge in [0.15, 0.2) is 0 Å². The number of rotatable bonds is 6. The Kier molecular flexibility index (Phi) is 5.60. The molecule has 0 radical (unpaired) electrons. The minimum atomic E-state index is 0.228. The Morgan fingerprint density at radius 2 is 1.81 bits per heavy atom. The molecule has 2 rings (SSSR count). The summed E-state index contributed by atoms with van der Waals surface area (Å²) >= 11 is 1.85. The van der Waals surface area contributed by atoms with Gasteiger partial charge in [-0.15, -0.1) is 11.3 Å². The minimum Gasteiger partial charge on any atom is -0.309 e. The van der Waals surface area contributed by atoms with E-state index in [4.69, 9.17) is 0 Å². The number of thiophene rings is 1. The van der Waals surface area contributed by atoms with E-state index in [1.165, 1.54) is 22.4 Å². The van der Waals surface area contributed by atoms with Gasteiger partial charge in [-0.3, -0.25) is 0 Å². The topological polar surface area (TPSA) is 12.0 Å².